The SMILES string of the molecule is CC(C)(C)C(=O)C=C(O)C(C)(C)C.Cc1[c-]c(-c2cc(CC(C)C)c3cc(-c4ccccc4)ccc3n2)cc(C)c1.[2H]C([2H])([2H])c1ccc(-c2[c-]ccc(-c3ccccc3)c2)nc1.[2H]C([2H])([2H])c1ccc(-c2[c-]cccc2)nc1.[Ir].[Ir]. The summed E-state index contributed by atoms with van der Waals surface area (Å²) >= 11 is 0. The topological polar surface area (TPSA) is 76.0 Å². The summed E-state index contributed by atoms with van der Waals surface area (Å²) < 4.78 is 43.8. The number of aliphatic hydroxyl groups excluding tert-OH is 1. The van der Waals surface area contributed by atoms with E-state index in [0.29, 0.717) is 11.6 Å². The van der Waals surface area contributed by atoms with Gasteiger partial charge in [-0.2, -0.15) is 0 Å². The molecular formula is C68H70Ir2N3O2-3. The van der Waals surface area contributed by atoms with Crippen molar-refractivity contribution < 1.29 is 58.3 Å². The molecule has 0 aliphatic carbocycles. The Morgan fingerprint density at radius 3 is 1.67 bits per heavy atom. The maximum absolute atomic E-state index is 11.5. The second kappa shape index (κ2) is 28.4. The van der Waals surface area contributed by atoms with E-state index in [1.54, 1.807) is 30.3 Å². The van der Waals surface area contributed by atoms with Gasteiger partial charge in [-0.15, -0.1) is 106 Å². The Kier molecular flexibility index (Phi) is 19.7. The second-order valence-corrected chi connectivity index (χ2v) is 20.5. The van der Waals surface area contributed by atoms with Crippen LogP contribution in [-0.2, 0) is 51.4 Å². The summed E-state index contributed by atoms with van der Waals surface area (Å²) in [6, 6.07) is 63.5. The summed E-state index contributed by atoms with van der Waals surface area (Å²) in [5, 5.41) is 10.8. The maximum Gasteiger partial charge on any atom is 0.164 e. The van der Waals surface area contributed by atoms with Crippen LogP contribution in [0.1, 0.15) is 91.4 Å². The van der Waals surface area contributed by atoms with Crippen LogP contribution in [0.25, 0.3) is 66.9 Å². The number of hydrogen-bond donors (Lipinski definition) is 1. The summed E-state index contributed by atoms with van der Waals surface area (Å²) in [7, 11) is 0. The van der Waals surface area contributed by atoms with Gasteiger partial charge in [-0.1, -0.05) is 166 Å². The van der Waals surface area contributed by atoms with Crippen molar-refractivity contribution in [3.05, 3.63) is 234 Å². The number of rotatable bonds is 8. The van der Waals surface area contributed by atoms with Gasteiger partial charge < -0.3 is 15.1 Å². The molecule has 0 bridgehead atoms. The minimum Gasteiger partial charge on any atom is -0.512 e. The van der Waals surface area contributed by atoms with E-state index in [4.69, 9.17) is 13.2 Å². The van der Waals surface area contributed by atoms with E-state index < -0.39 is 19.1 Å². The summed E-state index contributed by atoms with van der Waals surface area (Å²) in [5.41, 5.74) is 14.5. The Balaban J connectivity index is 0.000000240. The first kappa shape index (κ1) is 52.0. The Labute approximate surface area is 483 Å². The van der Waals surface area contributed by atoms with Gasteiger partial charge in [-0.25, -0.2) is 0 Å². The molecule has 0 saturated carbocycles. The third-order valence-electron chi connectivity index (χ3n) is 11.5. The molecule has 3 heterocycles. The van der Waals surface area contributed by atoms with Crippen molar-refractivity contribution in [2.45, 2.75) is 89.4 Å². The molecule has 3 aromatic heterocycles. The zero-order chi connectivity index (χ0) is 57.7. The normalized spacial score (nSPS) is 12.6. The van der Waals surface area contributed by atoms with Crippen LogP contribution in [0.4, 0.5) is 0 Å². The van der Waals surface area contributed by atoms with Gasteiger partial charge in [-0.05, 0) is 88.6 Å². The third kappa shape index (κ3) is 18.7. The fourth-order valence-electron chi connectivity index (χ4n) is 7.53. The average Bonchev–Trinajstić information content (AvgIpc) is 3.51. The molecule has 7 heteroatoms. The predicted octanol–water partition coefficient (Wildman–Crippen LogP) is 17.7. The zero-order valence-electron chi connectivity index (χ0n) is 50.5. The fourth-order valence-corrected chi connectivity index (χ4v) is 7.53. The van der Waals surface area contributed by atoms with Gasteiger partial charge in [0, 0.05) is 83.1 Å². The second-order valence-electron chi connectivity index (χ2n) is 20.5. The molecule has 2 radical (unpaired) electrons. The Bertz CT molecular complexity index is 3440. The van der Waals surface area contributed by atoms with Crippen molar-refractivity contribution >= 4 is 16.7 Å². The van der Waals surface area contributed by atoms with E-state index in [1.807, 2.05) is 108 Å². The van der Waals surface area contributed by atoms with Crippen molar-refractivity contribution in [2.75, 3.05) is 0 Å². The molecule has 9 rings (SSSR count). The number of pyridine rings is 3. The van der Waals surface area contributed by atoms with Crippen molar-refractivity contribution in [2.24, 2.45) is 16.7 Å². The number of nitrogens with zero attached hydrogens (tertiary/aromatic N) is 3. The molecule has 1 N–H and O–H groups in total. The van der Waals surface area contributed by atoms with Gasteiger partial charge in [-0.3, -0.25) is 9.78 Å². The minimum atomic E-state index is -2.12. The number of hydrogen-bond acceptors (Lipinski definition) is 5. The van der Waals surface area contributed by atoms with Crippen LogP contribution in [0.15, 0.2) is 188 Å². The van der Waals surface area contributed by atoms with Crippen LogP contribution < -0.4 is 0 Å². The van der Waals surface area contributed by atoms with Crippen molar-refractivity contribution in [3.8, 4) is 56.0 Å². The monoisotopic (exact) mass is 1350 g/mol. The summed E-state index contributed by atoms with van der Waals surface area (Å²) in [6.07, 6.45) is 5.17. The first-order chi connectivity index (χ1) is 37.1. The minimum absolute atomic E-state index is 0. The van der Waals surface area contributed by atoms with E-state index in [-0.39, 0.29) is 68.3 Å². The first-order valence-corrected chi connectivity index (χ1v) is 24.6. The molecule has 0 atom stereocenters. The molecule has 6 aromatic carbocycles. The number of allylic oxidation sites excluding steroid dienone is 2. The van der Waals surface area contributed by atoms with Gasteiger partial charge in [0.25, 0.3) is 0 Å². The Morgan fingerprint density at radius 2 is 1.16 bits per heavy atom. The third-order valence-corrected chi connectivity index (χ3v) is 11.5. The Hall–Kier alpha value is -6.46. The summed E-state index contributed by atoms with van der Waals surface area (Å²) in [5.74, 6) is 0.689. The van der Waals surface area contributed by atoms with Crippen LogP contribution in [-0.4, -0.2) is 25.8 Å². The molecule has 0 saturated heterocycles. The quantitative estimate of drug-likeness (QED) is 0.0932. The number of aromatic nitrogens is 3. The molecule has 0 aliphatic heterocycles. The van der Waals surface area contributed by atoms with E-state index in [2.05, 4.69) is 123 Å². The Morgan fingerprint density at radius 1 is 0.587 bits per heavy atom. The molecule has 9 aromatic rings. The number of fused-ring (bicyclic) bond motifs is 1. The molecule has 0 unspecified atom stereocenters. The van der Waals surface area contributed by atoms with Crippen LogP contribution >= 0.6 is 0 Å². The van der Waals surface area contributed by atoms with Gasteiger partial charge in [0.15, 0.2) is 5.78 Å². The number of aliphatic hydroxyl groups is 1. The van der Waals surface area contributed by atoms with Crippen molar-refractivity contribution in [1.82, 2.24) is 15.0 Å². The molecular weight excluding hydrogens is 1280 g/mol. The number of ketones is 1. The van der Waals surface area contributed by atoms with E-state index in [9.17, 15) is 9.90 Å². The summed E-state index contributed by atoms with van der Waals surface area (Å²) in [6.45, 7) is 15.7. The summed E-state index contributed by atoms with van der Waals surface area (Å²) in [4.78, 5) is 24.9. The number of aryl methyl sites for hydroxylation is 4. The standard InChI is InChI=1S/C27H26N.C18H14N.C12H10N.C11H20O2.2Ir/c1-18(2)12-23-17-27(24-14-19(3)13-20(4)15-24)28-26-11-10-22(16-25(23)26)21-8-6-5-7-9-21;1-14-10-11-18(19-13-14)17-9-5-8-16(12-17)15-6-3-2-4-7-15;1-10-7-8-12(13-9-10)11-5-3-2-4-6-11;1-10(2,3)8(12)7-9(13)11(4,5)6;;/h5-11,13-14,16-18H,12H2,1-4H3;2-8,10-13H,1H3;2-5,7-9H,1H3;7,12H,1-6H3;;/q3*-1;;;/i;2*1D3;;;. The number of carbonyl (C=O) groups excluding carboxylic acids is 1. The van der Waals surface area contributed by atoms with E-state index in [1.165, 1.54) is 46.1 Å². The zero-order valence-corrected chi connectivity index (χ0v) is 49.3. The van der Waals surface area contributed by atoms with Gasteiger partial charge >= 0.3 is 0 Å². The van der Waals surface area contributed by atoms with Crippen LogP contribution in [0.5, 0.6) is 0 Å². The molecule has 75 heavy (non-hydrogen) atoms. The molecule has 0 spiro atoms. The van der Waals surface area contributed by atoms with Gasteiger partial charge in [0.1, 0.15) is 5.76 Å². The average molecular weight is 1350 g/mol. The van der Waals surface area contributed by atoms with Crippen LogP contribution in [0.3, 0.4) is 0 Å². The number of benzene rings is 6. The van der Waals surface area contributed by atoms with E-state index >= 15 is 0 Å². The smallest absolute Gasteiger partial charge is 0.164 e. The molecule has 390 valence electrons. The van der Waals surface area contributed by atoms with Crippen LogP contribution in [0, 0.1) is 62.5 Å². The number of carbonyl (C=O) groups is 1. The fraction of sp³-hybridized carbons (Fsp3) is 0.235. The predicted molar refractivity (Wildman–Crippen MR) is 306 cm³/mol. The molecule has 0 fully saturated rings. The van der Waals surface area contributed by atoms with Crippen molar-refractivity contribution in [3.63, 3.8) is 0 Å². The maximum atomic E-state index is 11.5. The van der Waals surface area contributed by atoms with Crippen LogP contribution in [0.2, 0.25) is 0 Å². The molecule has 0 aliphatic rings. The van der Waals surface area contributed by atoms with Gasteiger partial charge in [0.2, 0.25) is 0 Å². The van der Waals surface area contributed by atoms with Gasteiger partial charge in [0.05, 0.1) is 5.52 Å². The first-order valence-electron chi connectivity index (χ1n) is 27.6. The van der Waals surface area contributed by atoms with Crippen molar-refractivity contribution in [1.29, 1.82) is 0 Å². The van der Waals surface area contributed by atoms with E-state index in [0.717, 1.165) is 56.7 Å². The largest absolute Gasteiger partial charge is 0.512 e. The molecule has 5 nitrogen and oxygen atoms in total. The molecule has 0 amide bonds.